The second-order valence-corrected chi connectivity index (χ2v) is 4.36. The summed E-state index contributed by atoms with van der Waals surface area (Å²) in [7, 11) is 1.45. The molecule has 21 heavy (non-hydrogen) atoms. The summed E-state index contributed by atoms with van der Waals surface area (Å²) in [5.41, 5.74) is 5.08. The number of benzene rings is 2. The van der Waals surface area contributed by atoms with Crippen LogP contribution in [0.5, 0.6) is 5.75 Å². The van der Waals surface area contributed by atoms with Crippen LogP contribution in [0.25, 0.3) is 0 Å². The molecule has 2 aromatic rings. The molecule has 0 bridgehead atoms. The van der Waals surface area contributed by atoms with Crippen molar-refractivity contribution in [1.82, 2.24) is 0 Å². The largest absolute Gasteiger partial charge is 0.497 e. The van der Waals surface area contributed by atoms with Crippen LogP contribution in [-0.2, 0) is 6.18 Å². The highest BCUT2D eigenvalue weighted by molar-refractivity contribution is 6.12. The molecule has 110 valence electrons. The SMILES string of the molecule is COc1ccc(C(=O)c2cccc(C(F)(F)F)c2)c(N)c1. The molecule has 3 nitrogen and oxygen atoms in total. The van der Waals surface area contributed by atoms with Crippen molar-refractivity contribution in [2.24, 2.45) is 0 Å². The zero-order valence-electron chi connectivity index (χ0n) is 11.1. The first kappa shape index (κ1) is 14.9. The molecule has 0 unspecified atom stereocenters. The highest BCUT2D eigenvalue weighted by atomic mass is 19.4. The predicted molar refractivity (Wildman–Crippen MR) is 72.3 cm³/mol. The van der Waals surface area contributed by atoms with Crippen LogP contribution in [0.3, 0.4) is 0 Å². The molecule has 0 amide bonds. The number of anilines is 1. The second-order valence-electron chi connectivity index (χ2n) is 4.36. The van der Waals surface area contributed by atoms with Crippen LogP contribution in [0, 0.1) is 0 Å². The molecule has 0 fully saturated rings. The zero-order valence-corrected chi connectivity index (χ0v) is 11.1. The number of alkyl halides is 3. The van der Waals surface area contributed by atoms with Gasteiger partial charge in [-0.15, -0.1) is 0 Å². The summed E-state index contributed by atoms with van der Waals surface area (Å²) in [4.78, 5) is 12.3. The summed E-state index contributed by atoms with van der Waals surface area (Å²) in [6.45, 7) is 0. The van der Waals surface area contributed by atoms with Gasteiger partial charge >= 0.3 is 6.18 Å². The van der Waals surface area contributed by atoms with E-state index in [1.54, 1.807) is 0 Å². The van der Waals surface area contributed by atoms with Crippen molar-refractivity contribution in [2.45, 2.75) is 6.18 Å². The Morgan fingerprint density at radius 3 is 2.43 bits per heavy atom. The third-order valence-electron chi connectivity index (χ3n) is 2.96. The van der Waals surface area contributed by atoms with Crippen molar-refractivity contribution in [3.8, 4) is 5.75 Å². The van der Waals surface area contributed by atoms with E-state index in [0.717, 1.165) is 12.1 Å². The number of nitrogens with two attached hydrogens (primary N) is 1. The minimum Gasteiger partial charge on any atom is -0.497 e. The highest BCUT2D eigenvalue weighted by Crippen LogP contribution is 2.30. The minimum absolute atomic E-state index is 0.0679. The molecule has 2 N–H and O–H groups in total. The number of carbonyl (C=O) groups is 1. The molecule has 0 aromatic heterocycles. The van der Waals surface area contributed by atoms with Crippen LogP contribution in [0.15, 0.2) is 42.5 Å². The van der Waals surface area contributed by atoms with E-state index in [4.69, 9.17) is 10.5 Å². The molecule has 0 heterocycles. The minimum atomic E-state index is -4.50. The van der Waals surface area contributed by atoms with E-state index in [2.05, 4.69) is 0 Å². The normalized spacial score (nSPS) is 11.2. The fourth-order valence-electron chi connectivity index (χ4n) is 1.87. The third kappa shape index (κ3) is 3.16. The summed E-state index contributed by atoms with van der Waals surface area (Å²) in [5.74, 6) is -0.102. The van der Waals surface area contributed by atoms with Gasteiger partial charge in [-0.25, -0.2) is 0 Å². The van der Waals surface area contributed by atoms with E-state index in [1.165, 1.54) is 37.4 Å². The maximum atomic E-state index is 12.7. The van der Waals surface area contributed by atoms with Gasteiger partial charge in [0.2, 0.25) is 0 Å². The molecule has 0 aliphatic carbocycles. The number of nitrogen functional groups attached to an aromatic ring is 1. The fraction of sp³-hybridized carbons (Fsp3) is 0.133. The van der Waals surface area contributed by atoms with Gasteiger partial charge in [-0.05, 0) is 24.3 Å². The Morgan fingerprint density at radius 1 is 1.14 bits per heavy atom. The van der Waals surface area contributed by atoms with Crippen LogP contribution >= 0.6 is 0 Å². The number of hydrogen-bond acceptors (Lipinski definition) is 3. The topological polar surface area (TPSA) is 52.3 Å². The fourth-order valence-corrected chi connectivity index (χ4v) is 1.87. The Labute approximate surface area is 119 Å². The van der Waals surface area contributed by atoms with Crippen LogP contribution in [-0.4, -0.2) is 12.9 Å². The van der Waals surface area contributed by atoms with Crippen molar-refractivity contribution < 1.29 is 22.7 Å². The Kier molecular flexibility index (Phi) is 3.88. The Morgan fingerprint density at radius 2 is 1.86 bits per heavy atom. The molecule has 0 radical (unpaired) electrons. The third-order valence-corrected chi connectivity index (χ3v) is 2.96. The zero-order chi connectivity index (χ0) is 15.6. The Balaban J connectivity index is 2.41. The van der Waals surface area contributed by atoms with E-state index < -0.39 is 17.5 Å². The summed E-state index contributed by atoms with van der Waals surface area (Å²) >= 11 is 0. The predicted octanol–water partition coefficient (Wildman–Crippen LogP) is 3.53. The lowest BCUT2D eigenvalue weighted by atomic mass is 10.00. The monoisotopic (exact) mass is 295 g/mol. The molecule has 0 aliphatic heterocycles. The van der Waals surface area contributed by atoms with Gasteiger partial charge in [0.15, 0.2) is 5.78 Å². The van der Waals surface area contributed by atoms with Crippen LogP contribution < -0.4 is 10.5 Å². The number of ether oxygens (including phenoxy) is 1. The molecule has 0 saturated heterocycles. The maximum Gasteiger partial charge on any atom is 0.416 e. The van der Waals surface area contributed by atoms with Gasteiger partial charge in [0.25, 0.3) is 0 Å². The summed E-state index contributed by atoms with van der Waals surface area (Å²) in [5, 5.41) is 0. The van der Waals surface area contributed by atoms with Crippen molar-refractivity contribution in [3.63, 3.8) is 0 Å². The number of methoxy groups -OCH3 is 1. The molecular weight excluding hydrogens is 283 g/mol. The van der Waals surface area contributed by atoms with Crippen molar-refractivity contribution in [2.75, 3.05) is 12.8 Å². The lowest BCUT2D eigenvalue weighted by Gasteiger charge is -2.10. The Hall–Kier alpha value is -2.50. The standard InChI is InChI=1S/C15H12F3NO2/c1-21-11-5-6-12(13(19)8-11)14(20)9-3-2-4-10(7-9)15(16,17)18/h2-8H,19H2,1H3. The van der Waals surface area contributed by atoms with E-state index in [-0.39, 0.29) is 16.8 Å². The molecule has 0 saturated carbocycles. The molecule has 0 aliphatic rings. The highest BCUT2D eigenvalue weighted by Gasteiger charge is 2.31. The molecule has 6 heteroatoms. The molecule has 2 aromatic carbocycles. The number of halogens is 3. The van der Waals surface area contributed by atoms with Crippen LogP contribution in [0.1, 0.15) is 21.5 Å². The lowest BCUT2D eigenvalue weighted by Crippen LogP contribution is -2.09. The first-order chi connectivity index (χ1) is 9.82. The van der Waals surface area contributed by atoms with Gasteiger partial charge in [-0.1, -0.05) is 12.1 Å². The Bertz CT molecular complexity index is 681. The van der Waals surface area contributed by atoms with E-state index >= 15 is 0 Å². The number of rotatable bonds is 3. The lowest BCUT2D eigenvalue weighted by molar-refractivity contribution is -0.137. The van der Waals surface area contributed by atoms with Crippen molar-refractivity contribution in [1.29, 1.82) is 0 Å². The van der Waals surface area contributed by atoms with Crippen molar-refractivity contribution in [3.05, 3.63) is 59.2 Å². The average Bonchev–Trinajstić information content (AvgIpc) is 2.45. The average molecular weight is 295 g/mol. The number of carbonyl (C=O) groups excluding carboxylic acids is 1. The molecular formula is C15H12F3NO2. The molecule has 0 atom stereocenters. The summed E-state index contributed by atoms with van der Waals surface area (Å²) in [6, 6.07) is 8.63. The molecule has 2 rings (SSSR count). The van der Waals surface area contributed by atoms with Gasteiger partial charge in [0.1, 0.15) is 5.75 Å². The van der Waals surface area contributed by atoms with E-state index in [9.17, 15) is 18.0 Å². The quantitative estimate of drug-likeness (QED) is 0.696. The van der Waals surface area contributed by atoms with Crippen LogP contribution in [0.2, 0.25) is 0 Å². The molecule has 0 spiro atoms. The summed E-state index contributed by atoms with van der Waals surface area (Å²) in [6.07, 6.45) is -4.50. The van der Waals surface area contributed by atoms with Gasteiger partial charge in [0, 0.05) is 22.9 Å². The van der Waals surface area contributed by atoms with Crippen LogP contribution in [0.4, 0.5) is 18.9 Å². The number of hydrogen-bond donors (Lipinski definition) is 1. The van der Waals surface area contributed by atoms with Gasteiger partial charge in [-0.2, -0.15) is 13.2 Å². The summed E-state index contributed by atoms with van der Waals surface area (Å²) < 4.78 is 42.9. The van der Waals surface area contributed by atoms with Gasteiger partial charge in [-0.3, -0.25) is 4.79 Å². The van der Waals surface area contributed by atoms with Gasteiger partial charge < -0.3 is 10.5 Å². The smallest absolute Gasteiger partial charge is 0.416 e. The van der Waals surface area contributed by atoms with Gasteiger partial charge in [0.05, 0.1) is 12.7 Å². The second kappa shape index (κ2) is 5.47. The maximum absolute atomic E-state index is 12.7. The van der Waals surface area contributed by atoms with E-state index in [0.29, 0.717) is 5.75 Å². The first-order valence-corrected chi connectivity index (χ1v) is 5.98. The first-order valence-electron chi connectivity index (χ1n) is 5.98. The van der Waals surface area contributed by atoms with E-state index in [1.807, 2.05) is 0 Å². The number of ketones is 1. The van der Waals surface area contributed by atoms with Crippen molar-refractivity contribution >= 4 is 11.5 Å².